The smallest absolute Gasteiger partial charge is 0.326 e. The maximum Gasteiger partial charge on any atom is 0.326 e. The number of hydrogen-bond acceptors (Lipinski definition) is 4. The molecule has 1 N–H and O–H groups in total. The van der Waals surface area contributed by atoms with Crippen LogP contribution in [0.3, 0.4) is 0 Å². The van der Waals surface area contributed by atoms with Crippen molar-refractivity contribution in [2.45, 2.75) is 38.3 Å². The Bertz CT molecular complexity index is 1280. The third-order valence-corrected chi connectivity index (χ3v) is 9.43. The Hall–Kier alpha value is -2.13. The van der Waals surface area contributed by atoms with Gasteiger partial charge in [0, 0.05) is 22.7 Å². The van der Waals surface area contributed by atoms with Crippen molar-refractivity contribution in [3.8, 4) is 0 Å². The molecule has 1 saturated heterocycles. The fourth-order valence-electron chi connectivity index (χ4n) is 5.65. The zero-order valence-corrected chi connectivity index (χ0v) is 24.1. The summed E-state index contributed by atoms with van der Waals surface area (Å²) in [6.07, 6.45) is 1.91. The minimum absolute atomic E-state index is 0.0772. The Morgan fingerprint density at radius 2 is 1.49 bits per heavy atom. The molecule has 37 heavy (non-hydrogen) atoms. The molecule has 2 atom stereocenters. The molecule has 2 amide bonds. The molecule has 0 spiro atoms. The van der Waals surface area contributed by atoms with Gasteiger partial charge in [0.05, 0.1) is 38.5 Å². The van der Waals surface area contributed by atoms with Gasteiger partial charge in [0.25, 0.3) is 0 Å². The molecule has 2 aliphatic rings. The van der Waals surface area contributed by atoms with E-state index in [1.807, 2.05) is 65.3 Å². The van der Waals surface area contributed by atoms with E-state index in [0.717, 1.165) is 30.8 Å². The van der Waals surface area contributed by atoms with Crippen LogP contribution in [0.2, 0.25) is 10.0 Å². The number of amidine groups is 1. The first kappa shape index (κ1) is 27.9. The molecule has 0 aromatic heterocycles. The van der Waals surface area contributed by atoms with Gasteiger partial charge in [0.2, 0.25) is 0 Å². The van der Waals surface area contributed by atoms with E-state index >= 15 is 0 Å². The number of carbonyl (C=O) groups is 1. The van der Waals surface area contributed by atoms with E-state index in [2.05, 4.69) is 13.8 Å². The summed E-state index contributed by atoms with van der Waals surface area (Å²) in [5.74, 6) is 0.855. The van der Waals surface area contributed by atoms with Crippen LogP contribution in [0.15, 0.2) is 53.5 Å². The van der Waals surface area contributed by atoms with Gasteiger partial charge < -0.3 is 9.80 Å². The highest BCUT2D eigenvalue weighted by Crippen LogP contribution is 2.52. The predicted octanol–water partition coefficient (Wildman–Crippen LogP) is 3.61. The normalized spacial score (nSPS) is 24.9. The van der Waals surface area contributed by atoms with Crippen molar-refractivity contribution < 1.29 is 18.1 Å². The van der Waals surface area contributed by atoms with Crippen LogP contribution >= 0.6 is 23.2 Å². The van der Waals surface area contributed by atoms with E-state index in [1.165, 1.54) is 11.2 Å². The Labute approximate surface area is 230 Å². The molecule has 2 aromatic rings. The van der Waals surface area contributed by atoms with Crippen LogP contribution in [0.5, 0.6) is 0 Å². The van der Waals surface area contributed by atoms with Crippen LogP contribution in [-0.2, 0) is 20.9 Å². The summed E-state index contributed by atoms with van der Waals surface area (Å²) in [6.45, 7) is 9.57. The molecule has 0 bridgehead atoms. The first-order valence-corrected chi connectivity index (χ1v) is 15.4. The summed E-state index contributed by atoms with van der Waals surface area (Å²) in [5.41, 5.74) is 0.327. The lowest BCUT2D eigenvalue weighted by atomic mass is 9.71. The van der Waals surface area contributed by atoms with Gasteiger partial charge in [-0.1, -0.05) is 47.5 Å². The summed E-state index contributed by atoms with van der Waals surface area (Å²) in [7, 11) is -2.96. The summed E-state index contributed by atoms with van der Waals surface area (Å²) < 4.78 is 22.9. The van der Waals surface area contributed by atoms with E-state index in [4.69, 9.17) is 28.2 Å². The SMILES string of the molecule is CC1=N[C@@](C)(c2ccc(Cl)cc2)[C@@](C)(c2ccc(Cl)cc2)N1C(=O)N1CC[NH+](CCCS(C)(=O)=O)CC1. The molecular weight excluding hydrogens is 531 g/mol. The number of amides is 2. The summed E-state index contributed by atoms with van der Waals surface area (Å²) in [6, 6.07) is 15.2. The highest BCUT2D eigenvalue weighted by Gasteiger charge is 2.58. The molecule has 0 saturated carbocycles. The van der Waals surface area contributed by atoms with Gasteiger partial charge in [-0.15, -0.1) is 0 Å². The molecule has 0 unspecified atom stereocenters. The van der Waals surface area contributed by atoms with Crippen molar-refractivity contribution in [1.29, 1.82) is 0 Å². The fourth-order valence-corrected chi connectivity index (χ4v) is 6.57. The summed E-state index contributed by atoms with van der Waals surface area (Å²) in [5, 5.41) is 1.27. The lowest BCUT2D eigenvalue weighted by molar-refractivity contribution is -0.903. The quantitative estimate of drug-likeness (QED) is 0.581. The largest absolute Gasteiger partial charge is 0.332 e. The van der Waals surface area contributed by atoms with Crippen LogP contribution in [0.4, 0.5) is 4.79 Å². The number of halogens is 2. The average molecular weight is 567 g/mol. The average Bonchev–Trinajstić information content (AvgIpc) is 3.05. The number of carbonyl (C=O) groups excluding carboxylic acids is 1. The van der Waals surface area contributed by atoms with Gasteiger partial charge in [-0.05, 0) is 56.2 Å². The molecule has 200 valence electrons. The maximum absolute atomic E-state index is 14.1. The fraction of sp³-hybridized carbons (Fsp3) is 0.481. The van der Waals surface area contributed by atoms with E-state index in [0.29, 0.717) is 35.4 Å². The first-order chi connectivity index (χ1) is 17.3. The Balaban J connectivity index is 1.61. The number of benzene rings is 2. The van der Waals surface area contributed by atoms with Crippen molar-refractivity contribution in [3.63, 3.8) is 0 Å². The first-order valence-electron chi connectivity index (χ1n) is 12.5. The number of nitrogens with zero attached hydrogens (tertiary/aromatic N) is 3. The second-order valence-electron chi connectivity index (χ2n) is 10.4. The van der Waals surface area contributed by atoms with Gasteiger partial charge in [-0.3, -0.25) is 9.89 Å². The Morgan fingerprint density at radius 1 is 0.973 bits per heavy atom. The maximum atomic E-state index is 14.1. The molecule has 1 fully saturated rings. The number of piperazine rings is 1. The topological polar surface area (TPSA) is 74.5 Å². The van der Waals surface area contributed by atoms with E-state index in [1.54, 1.807) is 0 Å². The second kappa shape index (κ2) is 10.6. The number of sulfone groups is 1. The third-order valence-electron chi connectivity index (χ3n) is 7.89. The minimum atomic E-state index is -2.96. The lowest BCUT2D eigenvalue weighted by Gasteiger charge is -2.47. The third kappa shape index (κ3) is 5.53. The standard InChI is InChI=1S/C27H34Cl2N4O3S/c1-20-30-26(2,21-6-10-23(28)11-7-21)27(3,22-8-12-24(29)13-9-22)33(20)25(34)32-17-15-31(16-18-32)14-5-19-37(4,35)36/h6-13H,5,14-19H2,1-4H3/p+1/t26-,27+/m0/s1. The van der Waals surface area contributed by atoms with Crippen LogP contribution in [0.25, 0.3) is 0 Å². The van der Waals surface area contributed by atoms with Crippen LogP contribution < -0.4 is 4.90 Å². The molecule has 0 radical (unpaired) electrons. The number of aliphatic imine (C=N–C) groups is 1. The van der Waals surface area contributed by atoms with Crippen LogP contribution in [-0.4, -0.2) is 74.8 Å². The van der Waals surface area contributed by atoms with Crippen molar-refractivity contribution >= 4 is 44.9 Å². The Kier molecular flexibility index (Phi) is 7.96. The highest BCUT2D eigenvalue weighted by atomic mass is 35.5. The van der Waals surface area contributed by atoms with Crippen LogP contribution in [0, 0.1) is 0 Å². The molecule has 0 aliphatic carbocycles. The van der Waals surface area contributed by atoms with Gasteiger partial charge in [0.15, 0.2) is 0 Å². The van der Waals surface area contributed by atoms with E-state index < -0.39 is 20.9 Å². The number of rotatable bonds is 6. The zero-order chi connectivity index (χ0) is 27.0. The monoisotopic (exact) mass is 565 g/mol. The van der Waals surface area contributed by atoms with Crippen molar-refractivity contribution in [3.05, 3.63) is 69.7 Å². The molecule has 2 aliphatic heterocycles. The number of quaternary nitrogens is 1. The minimum Gasteiger partial charge on any atom is -0.332 e. The van der Waals surface area contributed by atoms with Gasteiger partial charge in [-0.2, -0.15) is 0 Å². The van der Waals surface area contributed by atoms with E-state index in [9.17, 15) is 13.2 Å². The van der Waals surface area contributed by atoms with Crippen LogP contribution in [0.1, 0.15) is 38.3 Å². The lowest BCUT2D eigenvalue weighted by Crippen LogP contribution is -3.15. The highest BCUT2D eigenvalue weighted by molar-refractivity contribution is 7.90. The summed E-state index contributed by atoms with van der Waals surface area (Å²) >= 11 is 12.4. The summed E-state index contributed by atoms with van der Waals surface area (Å²) in [4.78, 5) is 24.3. The zero-order valence-electron chi connectivity index (χ0n) is 21.8. The number of nitrogens with one attached hydrogen (secondary N) is 1. The van der Waals surface area contributed by atoms with Crippen molar-refractivity contribution in [1.82, 2.24) is 9.80 Å². The number of hydrogen-bond donors (Lipinski definition) is 1. The van der Waals surface area contributed by atoms with Gasteiger partial charge in [0.1, 0.15) is 26.8 Å². The molecule has 4 rings (SSSR count). The van der Waals surface area contributed by atoms with Gasteiger partial charge in [-0.25, -0.2) is 13.2 Å². The Morgan fingerprint density at radius 3 is 2.00 bits per heavy atom. The number of urea groups is 1. The molecule has 2 heterocycles. The molecule has 10 heteroatoms. The van der Waals surface area contributed by atoms with Crippen molar-refractivity contribution in [2.24, 2.45) is 4.99 Å². The predicted molar refractivity (Wildman–Crippen MR) is 149 cm³/mol. The van der Waals surface area contributed by atoms with Gasteiger partial charge >= 0.3 is 6.03 Å². The molecule has 2 aromatic carbocycles. The van der Waals surface area contributed by atoms with E-state index in [-0.39, 0.29) is 11.8 Å². The second-order valence-corrected chi connectivity index (χ2v) is 13.5. The molecule has 7 nitrogen and oxygen atoms in total. The van der Waals surface area contributed by atoms with Crippen molar-refractivity contribution in [2.75, 3.05) is 44.7 Å². The molecular formula is C27H35Cl2N4O3S+.